The van der Waals surface area contributed by atoms with Crippen molar-refractivity contribution in [3.8, 4) is 0 Å². The van der Waals surface area contributed by atoms with Gasteiger partial charge in [-0.2, -0.15) is 0 Å². The van der Waals surface area contributed by atoms with E-state index in [2.05, 4.69) is 26.2 Å². The van der Waals surface area contributed by atoms with E-state index >= 15 is 0 Å². The molecule has 2 aromatic rings. The third-order valence-corrected chi connectivity index (χ3v) is 3.09. The molecule has 1 aromatic carbocycles. The largest absolute Gasteiger partial charge is 0.459 e. The van der Waals surface area contributed by atoms with Gasteiger partial charge in [-0.05, 0) is 36.1 Å². The van der Waals surface area contributed by atoms with E-state index in [1.165, 1.54) is 0 Å². The van der Waals surface area contributed by atoms with Crippen LogP contribution in [-0.4, -0.2) is 0 Å². The number of hydrogen-bond acceptors (Lipinski definition) is 3. The number of hydrazine groups is 1. The Balaban J connectivity index is 2.34. The molecule has 3 nitrogen and oxygen atoms in total. The summed E-state index contributed by atoms with van der Waals surface area (Å²) in [6, 6.07) is 7.61. The first kappa shape index (κ1) is 13.4. The zero-order chi connectivity index (χ0) is 13.3. The number of benzene rings is 1. The van der Waals surface area contributed by atoms with E-state index in [-0.39, 0.29) is 11.5 Å². The topological polar surface area (TPSA) is 51.2 Å². The molecule has 1 unspecified atom stereocenters. The number of furan rings is 1. The summed E-state index contributed by atoms with van der Waals surface area (Å²) in [6.07, 6.45) is 0.900. The van der Waals surface area contributed by atoms with Crippen LogP contribution in [0, 0.1) is 5.41 Å². The van der Waals surface area contributed by atoms with E-state index in [0.29, 0.717) is 5.02 Å². The third-order valence-electron chi connectivity index (χ3n) is 2.86. The molecule has 3 N–H and O–H groups in total. The Hall–Kier alpha value is -1.03. The van der Waals surface area contributed by atoms with Crippen LogP contribution in [0.3, 0.4) is 0 Å². The maximum Gasteiger partial charge on any atom is 0.134 e. The summed E-state index contributed by atoms with van der Waals surface area (Å²) in [7, 11) is 0. The van der Waals surface area contributed by atoms with Gasteiger partial charge in [-0.1, -0.05) is 32.4 Å². The molecule has 1 heterocycles. The standard InChI is InChI=1S/C14H19ClN2O/c1-14(2,3)8-11(17-16)13-7-9-6-10(15)4-5-12(9)18-13/h4-7,11,17H,8,16H2,1-3H3. The van der Waals surface area contributed by atoms with E-state index < -0.39 is 0 Å². The molecule has 0 saturated heterocycles. The van der Waals surface area contributed by atoms with Crippen LogP contribution in [0.5, 0.6) is 0 Å². The van der Waals surface area contributed by atoms with Crippen molar-refractivity contribution < 1.29 is 4.42 Å². The second-order valence-electron chi connectivity index (χ2n) is 5.81. The summed E-state index contributed by atoms with van der Waals surface area (Å²) >= 11 is 5.97. The summed E-state index contributed by atoms with van der Waals surface area (Å²) in [6.45, 7) is 6.53. The Morgan fingerprint density at radius 1 is 1.33 bits per heavy atom. The van der Waals surface area contributed by atoms with Crippen molar-refractivity contribution in [3.63, 3.8) is 0 Å². The monoisotopic (exact) mass is 266 g/mol. The van der Waals surface area contributed by atoms with Crippen LogP contribution in [-0.2, 0) is 0 Å². The maximum absolute atomic E-state index is 5.97. The maximum atomic E-state index is 5.97. The van der Waals surface area contributed by atoms with Gasteiger partial charge in [0.2, 0.25) is 0 Å². The predicted octanol–water partition coefficient (Wildman–Crippen LogP) is 4.03. The van der Waals surface area contributed by atoms with Crippen molar-refractivity contribution >= 4 is 22.6 Å². The molecule has 18 heavy (non-hydrogen) atoms. The molecular weight excluding hydrogens is 248 g/mol. The van der Waals surface area contributed by atoms with Gasteiger partial charge in [0.25, 0.3) is 0 Å². The Bertz CT molecular complexity index is 542. The van der Waals surface area contributed by atoms with Crippen LogP contribution in [0.15, 0.2) is 28.7 Å². The van der Waals surface area contributed by atoms with Gasteiger partial charge in [-0.3, -0.25) is 5.84 Å². The highest BCUT2D eigenvalue weighted by Gasteiger charge is 2.22. The van der Waals surface area contributed by atoms with Crippen LogP contribution >= 0.6 is 11.6 Å². The summed E-state index contributed by atoms with van der Waals surface area (Å²) < 4.78 is 5.82. The van der Waals surface area contributed by atoms with Gasteiger partial charge in [-0.15, -0.1) is 0 Å². The zero-order valence-electron chi connectivity index (χ0n) is 11.0. The lowest BCUT2D eigenvalue weighted by atomic mass is 9.87. The first-order chi connectivity index (χ1) is 8.39. The van der Waals surface area contributed by atoms with Crippen molar-refractivity contribution in [2.45, 2.75) is 33.2 Å². The SMILES string of the molecule is CC(C)(C)CC(NN)c1cc2cc(Cl)ccc2o1. The molecule has 1 atom stereocenters. The Morgan fingerprint density at radius 2 is 2.06 bits per heavy atom. The number of hydrogen-bond donors (Lipinski definition) is 2. The molecular formula is C14H19ClN2O. The fourth-order valence-corrected chi connectivity index (χ4v) is 2.24. The summed E-state index contributed by atoms with van der Waals surface area (Å²) in [5.41, 5.74) is 3.83. The van der Waals surface area contributed by atoms with Crippen molar-refractivity contribution in [2.24, 2.45) is 11.3 Å². The van der Waals surface area contributed by atoms with Crippen molar-refractivity contribution in [2.75, 3.05) is 0 Å². The molecule has 0 saturated carbocycles. The molecule has 0 bridgehead atoms. The van der Waals surface area contributed by atoms with E-state index in [1.54, 1.807) is 0 Å². The molecule has 0 spiro atoms. The Kier molecular flexibility index (Phi) is 3.66. The molecule has 1 aromatic heterocycles. The Morgan fingerprint density at radius 3 is 2.67 bits per heavy atom. The second-order valence-corrected chi connectivity index (χ2v) is 6.25. The van der Waals surface area contributed by atoms with Crippen molar-refractivity contribution in [3.05, 3.63) is 35.0 Å². The van der Waals surface area contributed by atoms with Gasteiger partial charge in [0, 0.05) is 10.4 Å². The fraction of sp³-hybridized carbons (Fsp3) is 0.429. The normalized spacial score (nSPS) is 14.1. The van der Waals surface area contributed by atoms with Gasteiger partial charge >= 0.3 is 0 Å². The molecule has 4 heteroatoms. The molecule has 0 amide bonds. The highest BCUT2D eigenvalue weighted by atomic mass is 35.5. The molecule has 98 valence electrons. The molecule has 0 fully saturated rings. The van der Waals surface area contributed by atoms with E-state index in [1.807, 2.05) is 24.3 Å². The summed E-state index contributed by atoms with van der Waals surface area (Å²) in [5, 5.41) is 1.72. The minimum atomic E-state index is 0.0103. The van der Waals surface area contributed by atoms with Crippen molar-refractivity contribution in [1.29, 1.82) is 0 Å². The van der Waals surface area contributed by atoms with Gasteiger partial charge in [0.1, 0.15) is 11.3 Å². The highest BCUT2D eigenvalue weighted by molar-refractivity contribution is 6.31. The van der Waals surface area contributed by atoms with Crippen LogP contribution < -0.4 is 11.3 Å². The number of nitrogens with two attached hydrogens (primary N) is 1. The minimum absolute atomic E-state index is 0.0103. The van der Waals surface area contributed by atoms with E-state index in [9.17, 15) is 0 Å². The number of halogens is 1. The van der Waals surface area contributed by atoms with Gasteiger partial charge in [0.15, 0.2) is 0 Å². The molecule has 0 aliphatic rings. The first-order valence-electron chi connectivity index (χ1n) is 6.04. The molecule has 0 radical (unpaired) electrons. The first-order valence-corrected chi connectivity index (χ1v) is 6.42. The van der Waals surface area contributed by atoms with Crippen LogP contribution in [0.4, 0.5) is 0 Å². The van der Waals surface area contributed by atoms with Gasteiger partial charge in [-0.25, -0.2) is 5.43 Å². The third kappa shape index (κ3) is 3.05. The molecule has 0 aliphatic heterocycles. The summed E-state index contributed by atoms with van der Waals surface area (Å²) in [5.74, 6) is 6.48. The lowest BCUT2D eigenvalue weighted by molar-refractivity contribution is 0.289. The van der Waals surface area contributed by atoms with Gasteiger partial charge < -0.3 is 4.42 Å². The van der Waals surface area contributed by atoms with Crippen LogP contribution in [0.25, 0.3) is 11.0 Å². The lowest BCUT2D eigenvalue weighted by Gasteiger charge is -2.23. The van der Waals surface area contributed by atoms with E-state index in [4.69, 9.17) is 21.9 Å². The van der Waals surface area contributed by atoms with Crippen LogP contribution in [0.2, 0.25) is 5.02 Å². The van der Waals surface area contributed by atoms with Crippen LogP contribution in [0.1, 0.15) is 39.0 Å². The van der Waals surface area contributed by atoms with Gasteiger partial charge in [0.05, 0.1) is 6.04 Å². The highest BCUT2D eigenvalue weighted by Crippen LogP contribution is 2.32. The zero-order valence-corrected chi connectivity index (χ0v) is 11.7. The average Bonchev–Trinajstić information content (AvgIpc) is 2.67. The molecule has 0 aliphatic carbocycles. The Labute approximate surface area is 112 Å². The quantitative estimate of drug-likeness (QED) is 0.651. The lowest BCUT2D eigenvalue weighted by Crippen LogP contribution is -2.30. The smallest absolute Gasteiger partial charge is 0.134 e. The number of rotatable bonds is 3. The second kappa shape index (κ2) is 4.92. The number of nitrogens with one attached hydrogen (secondary N) is 1. The van der Waals surface area contributed by atoms with E-state index in [0.717, 1.165) is 23.2 Å². The van der Waals surface area contributed by atoms with Crippen molar-refractivity contribution in [1.82, 2.24) is 5.43 Å². The minimum Gasteiger partial charge on any atom is -0.459 e. The fourth-order valence-electron chi connectivity index (χ4n) is 2.06. The summed E-state index contributed by atoms with van der Waals surface area (Å²) in [4.78, 5) is 0. The number of fused-ring (bicyclic) bond motifs is 1. The average molecular weight is 267 g/mol. The predicted molar refractivity (Wildman–Crippen MR) is 75.4 cm³/mol. The molecule has 2 rings (SSSR count).